The number of ether oxygens (including phenoxy) is 4. The summed E-state index contributed by atoms with van der Waals surface area (Å²) in [5, 5.41) is 30.9. The van der Waals surface area contributed by atoms with Crippen LogP contribution in [-0.2, 0) is 38.7 Å². The molecule has 382 valence electrons. The van der Waals surface area contributed by atoms with Gasteiger partial charge in [-0.05, 0) is 19.3 Å². The normalized spacial score (nSPS) is 19.6. The summed E-state index contributed by atoms with van der Waals surface area (Å²) in [6, 6.07) is 0. The lowest BCUT2D eigenvalue weighted by Gasteiger charge is -2.40. The van der Waals surface area contributed by atoms with E-state index in [0.29, 0.717) is 6.42 Å². The van der Waals surface area contributed by atoms with Crippen molar-refractivity contribution in [3.63, 3.8) is 0 Å². The van der Waals surface area contributed by atoms with Gasteiger partial charge in [0.2, 0.25) is 0 Å². The van der Waals surface area contributed by atoms with Crippen molar-refractivity contribution >= 4 is 22.1 Å². The molecule has 0 aromatic carbocycles. The third-order valence-electron chi connectivity index (χ3n) is 12.4. The van der Waals surface area contributed by atoms with Gasteiger partial charge in [0.1, 0.15) is 36.8 Å². The maximum absolute atomic E-state index is 12.7. The Balaban J connectivity index is 2.36. The first-order valence-electron chi connectivity index (χ1n) is 26.4. The summed E-state index contributed by atoms with van der Waals surface area (Å²) in [5.41, 5.74) is 0. The third kappa shape index (κ3) is 36.8. The molecule has 0 aliphatic carbocycles. The van der Waals surface area contributed by atoms with Gasteiger partial charge in [0.15, 0.2) is 12.4 Å². The molecule has 0 radical (unpaired) electrons. The number of aliphatic hydroxyl groups is 3. The fraction of sp³-hybridized carbons (Fsp3) is 0.885. The summed E-state index contributed by atoms with van der Waals surface area (Å²) >= 11 is 0. The second-order valence-electron chi connectivity index (χ2n) is 18.6. The minimum absolute atomic E-state index is 0.205. The van der Waals surface area contributed by atoms with Crippen LogP contribution in [0.15, 0.2) is 24.3 Å². The van der Waals surface area contributed by atoms with Gasteiger partial charge in [-0.3, -0.25) is 9.35 Å². The van der Waals surface area contributed by atoms with Crippen LogP contribution in [0.1, 0.15) is 239 Å². The molecule has 0 bridgehead atoms. The second-order valence-corrected chi connectivity index (χ2v) is 20.1. The molecular formula is C52H96O12S. The SMILES string of the molecule is CCCCCCCCCCCCC/C=C/C=C/C(=O)O[C@H](COC(=O)CCCCCCCCCCCCCCCCCCCCCCCC)CO[C@H]1O[C@H](CS(=O)(=O)O)[C@@H](O)C(O)C1O. The highest BCUT2D eigenvalue weighted by molar-refractivity contribution is 7.85. The molecule has 6 atom stereocenters. The largest absolute Gasteiger partial charge is 0.462 e. The van der Waals surface area contributed by atoms with E-state index in [1.165, 1.54) is 179 Å². The van der Waals surface area contributed by atoms with Crippen molar-refractivity contribution in [1.82, 2.24) is 0 Å². The number of carbonyl (C=O) groups excluding carboxylic acids is 2. The molecule has 0 spiro atoms. The Bertz CT molecular complexity index is 1290. The third-order valence-corrected chi connectivity index (χ3v) is 13.1. The van der Waals surface area contributed by atoms with E-state index >= 15 is 0 Å². The van der Waals surface area contributed by atoms with Gasteiger partial charge in [0.05, 0.1) is 6.61 Å². The maximum Gasteiger partial charge on any atom is 0.331 e. The van der Waals surface area contributed by atoms with Gasteiger partial charge in [-0.1, -0.05) is 231 Å². The molecule has 1 heterocycles. The Kier molecular flexibility index (Phi) is 39.7. The Morgan fingerprint density at radius 3 is 1.40 bits per heavy atom. The number of unbranched alkanes of at least 4 members (excludes halogenated alkanes) is 32. The zero-order valence-corrected chi connectivity index (χ0v) is 41.9. The van der Waals surface area contributed by atoms with Gasteiger partial charge < -0.3 is 34.3 Å². The summed E-state index contributed by atoms with van der Waals surface area (Å²) in [4.78, 5) is 25.4. The molecule has 1 saturated heterocycles. The van der Waals surface area contributed by atoms with Gasteiger partial charge in [0.25, 0.3) is 10.1 Å². The standard InChI is InChI=1S/C52H96O12S/c1-3-5-7-9-11-13-15-17-19-20-21-22-23-24-25-27-28-30-32-34-36-38-40-47(53)61-42-45(43-62-52-51(57)50(56)49(55)46(64-52)44-65(58,59)60)63-48(54)41-39-37-35-33-31-29-26-18-16-14-12-10-8-6-4-2/h35,37,39,41,45-46,49-52,55-57H,3-34,36,38,40,42-44H2,1-2H3,(H,58,59,60)/b37-35+,41-39+/t45-,46-,49-,50?,51?,52+/m1/s1. The highest BCUT2D eigenvalue weighted by Gasteiger charge is 2.46. The quantitative estimate of drug-likeness (QED) is 0.0149. The summed E-state index contributed by atoms with van der Waals surface area (Å²) in [6.07, 6.45) is 40.0. The molecule has 13 heteroatoms. The number of hydrogen-bond acceptors (Lipinski definition) is 11. The van der Waals surface area contributed by atoms with E-state index in [1.54, 1.807) is 12.2 Å². The number of rotatable bonds is 45. The predicted octanol–water partition coefficient (Wildman–Crippen LogP) is 12.0. The Morgan fingerprint density at radius 1 is 0.554 bits per heavy atom. The number of esters is 2. The van der Waals surface area contributed by atoms with Crippen LogP contribution in [0, 0.1) is 0 Å². The minimum atomic E-state index is -4.61. The number of aliphatic hydroxyl groups excluding tert-OH is 3. The van der Waals surface area contributed by atoms with Crippen molar-refractivity contribution in [2.24, 2.45) is 0 Å². The molecule has 1 fully saturated rings. The van der Waals surface area contributed by atoms with Crippen LogP contribution >= 0.6 is 0 Å². The first-order valence-corrected chi connectivity index (χ1v) is 28.0. The van der Waals surface area contributed by atoms with E-state index < -0.39 is 71.2 Å². The molecule has 2 unspecified atom stereocenters. The van der Waals surface area contributed by atoms with Crippen LogP contribution in [0.2, 0.25) is 0 Å². The molecule has 4 N–H and O–H groups in total. The minimum Gasteiger partial charge on any atom is -0.462 e. The van der Waals surface area contributed by atoms with Crippen LogP contribution in [-0.4, -0.2) is 96.0 Å². The zero-order valence-electron chi connectivity index (χ0n) is 41.1. The van der Waals surface area contributed by atoms with Crippen LogP contribution in [0.25, 0.3) is 0 Å². The van der Waals surface area contributed by atoms with Crippen molar-refractivity contribution < 1.29 is 56.8 Å². The van der Waals surface area contributed by atoms with E-state index in [1.807, 2.05) is 6.08 Å². The summed E-state index contributed by atoms with van der Waals surface area (Å²) in [5.74, 6) is -2.23. The van der Waals surface area contributed by atoms with Gasteiger partial charge >= 0.3 is 11.9 Å². The zero-order chi connectivity index (χ0) is 47.6. The fourth-order valence-corrected chi connectivity index (χ4v) is 8.98. The lowest BCUT2D eigenvalue weighted by atomic mass is 10.00. The lowest BCUT2D eigenvalue weighted by molar-refractivity contribution is -0.297. The van der Waals surface area contributed by atoms with Crippen molar-refractivity contribution in [2.75, 3.05) is 19.0 Å². The fourth-order valence-electron chi connectivity index (χ4n) is 8.29. The van der Waals surface area contributed by atoms with Gasteiger partial charge in [-0.15, -0.1) is 0 Å². The molecule has 1 aliphatic rings. The van der Waals surface area contributed by atoms with Crippen LogP contribution < -0.4 is 0 Å². The Hall–Kier alpha value is -1.87. The van der Waals surface area contributed by atoms with Crippen LogP contribution in [0.5, 0.6) is 0 Å². The average Bonchev–Trinajstić information content (AvgIpc) is 3.27. The van der Waals surface area contributed by atoms with E-state index in [9.17, 15) is 37.9 Å². The van der Waals surface area contributed by atoms with Crippen LogP contribution in [0.4, 0.5) is 0 Å². The lowest BCUT2D eigenvalue weighted by Crippen LogP contribution is -2.60. The molecule has 0 aromatic rings. The summed E-state index contributed by atoms with van der Waals surface area (Å²) in [7, 11) is -4.61. The Labute approximate surface area is 396 Å². The molecule has 1 aliphatic heterocycles. The second kappa shape index (κ2) is 42.2. The summed E-state index contributed by atoms with van der Waals surface area (Å²) in [6.45, 7) is 3.70. The van der Waals surface area contributed by atoms with Gasteiger partial charge in [-0.25, -0.2) is 4.79 Å². The summed E-state index contributed by atoms with van der Waals surface area (Å²) < 4.78 is 54.0. The van der Waals surface area contributed by atoms with Gasteiger partial charge in [0, 0.05) is 12.5 Å². The number of allylic oxidation sites excluding steroid dienone is 3. The first kappa shape index (κ1) is 61.1. The number of hydrogen-bond donors (Lipinski definition) is 4. The van der Waals surface area contributed by atoms with E-state index in [4.69, 9.17) is 18.9 Å². The maximum atomic E-state index is 12.7. The molecule has 0 saturated carbocycles. The monoisotopic (exact) mass is 945 g/mol. The molecule has 0 aromatic heterocycles. The van der Waals surface area contributed by atoms with Gasteiger partial charge in [-0.2, -0.15) is 8.42 Å². The first-order chi connectivity index (χ1) is 31.5. The topological polar surface area (TPSA) is 186 Å². The Morgan fingerprint density at radius 2 is 0.969 bits per heavy atom. The molecule has 0 amide bonds. The predicted molar refractivity (Wildman–Crippen MR) is 261 cm³/mol. The number of carbonyl (C=O) groups is 2. The molecule has 12 nitrogen and oxygen atoms in total. The van der Waals surface area contributed by atoms with E-state index in [-0.39, 0.29) is 13.0 Å². The van der Waals surface area contributed by atoms with Crippen molar-refractivity contribution in [1.29, 1.82) is 0 Å². The molecular weight excluding hydrogens is 849 g/mol. The molecule has 1 rings (SSSR count). The molecule has 65 heavy (non-hydrogen) atoms. The highest BCUT2D eigenvalue weighted by Crippen LogP contribution is 2.24. The van der Waals surface area contributed by atoms with E-state index in [2.05, 4.69) is 13.8 Å². The van der Waals surface area contributed by atoms with Crippen molar-refractivity contribution in [2.45, 2.75) is 275 Å². The highest BCUT2D eigenvalue weighted by atomic mass is 32.2. The smallest absolute Gasteiger partial charge is 0.331 e. The van der Waals surface area contributed by atoms with E-state index in [0.717, 1.165) is 38.5 Å². The average molecular weight is 945 g/mol. The van der Waals surface area contributed by atoms with Crippen LogP contribution in [0.3, 0.4) is 0 Å². The van der Waals surface area contributed by atoms with Crippen molar-refractivity contribution in [3.8, 4) is 0 Å². The van der Waals surface area contributed by atoms with Crippen molar-refractivity contribution in [3.05, 3.63) is 24.3 Å².